The lowest BCUT2D eigenvalue weighted by Crippen LogP contribution is -2.58. The Hall–Kier alpha value is -3.53. The summed E-state index contributed by atoms with van der Waals surface area (Å²) in [6.07, 6.45) is 8.00. The molecule has 0 spiro atoms. The van der Waals surface area contributed by atoms with Crippen LogP contribution in [0.5, 0.6) is 0 Å². The second kappa shape index (κ2) is 12.2. The van der Waals surface area contributed by atoms with Crippen LogP contribution in [0.25, 0.3) is 10.9 Å². The molecule has 7 nitrogen and oxygen atoms in total. The van der Waals surface area contributed by atoms with E-state index in [1.165, 1.54) is 37.0 Å². The number of carbonyl (C=O) groups excluding carboxylic acids is 1. The molecule has 5 fully saturated rings. The number of aromatic amines is 1. The van der Waals surface area contributed by atoms with Gasteiger partial charge in [0, 0.05) is 41.9 Å². The van der Waals surface area contributed by atoms with Crippen molar-refractivity contribution in [3.63, 3.8) is 0 Å². The highest BCUT2D eigenvalue weighted by molar-refractivity contribution is 6.10. The molecule has 242 valence electrons. The molecule has 3 aromatic carbocycles. The number of hydrogen-bond donors (Lipinski definition) is 4. The lowest BCUT2D eigenvalue weighted by molar-refractivity contribution is -0.0202. The van der Waals surface area contributed by atoms with Gasteiger partial charge < -0.3 is 21.1 Å². The maximum absolute atomic E-state index is 13.9. The number of anilines is 2. The molecule has 10 heteroatoms. The molecule has 4 aromatic rings. The summed E-state index contributed by atoms with van der Waals surface area (Å²) in [6.45, 7) is 1.41. The fourth-order valence-corrected chi connectivity index (χ4v) is 9.17. The van der Waals surface area contributed by atoms with Crippen molar-refractivity contribution in [2.24, 2.45) is 23.5 Å². The minimum atomic E-state index is -0.606. The molecule has 9 rings (SSSR count). The summed E-state index contributed by atoms with van der Waals surface area (Å²) in [7, 11) is 0. The Morgan fingerprint density at radius 1 is 0.957 bits per heavy atom. The van der Waals surface area contributed by atoms with Crippen molar-refractivity contribution < 1.29 is 18.3 Å². The van der Waals surface area contributed by atoms with Crippen LogP contribution in [0.2, 0.25) is 0 Å². The van der Waals surface area contributed by atoms with E-state index in [0.717, 1.165) is 59.8 Å². The molecule has 3 unspecified atom stereocenters. The first-order valence-corrected chi connectivity index (χ1v) is 16.3. The van der Waals surface area contributed by atoms with E-state index in [-0.39, 0.29) is 29.9 Å². The third-order valence-corrected chi connectivity index (χ3v) is 10.8. The van der Waals surface area contributed by atoms with Crippen molar-refractivity contribution in [2.75, 3.05) is 23.8 Å². The number of H-pyrrole nitrogens is 1. The zero-order valence-corrected chi connectivity index (χ0v) is 26.5. The van der Waals surface area contributed by atoms with Crippen LogP contribution in [0.4, 0.5) is 20.3 Å². The van der Waals surface area contributed by atoms with Crippen LogP contribution < -0.4 is 16.4 Å². The van der Waals surface area contributed by atoms with Gasteiger partial charge in [-0.2, -0.15) is 5.10 Å². The number of hydrogen-bond acceptors (Lipinski definition) is 5. The van der Waals surface area contributed by atoms with Gasteiger partial charge in [0.25, 0.3) is 5.91 Å². The number of nitrogens with zero attached hydrogens (tertiary/aromatic N) is 1. The van der Waals surface area contributed by atoms with Crippen LogP contribution in [0.1, 0.15) is 77.9 Å². The largest absolute Gasteiger partial charge is 0.381 e. The molecule has 1 saturated heterocycles. The molecule has 5 aliphatic rings. The van der Waals surface area contributed by atoms with Crippen molar-refractivity contribution in [3.05, 3.63) is 88.5 Å². The van der Waals surface area contributed by atoms with Crippen LogP contribution in [0.3, 0.4) is 0 Å². The standard InChI is InChI=1S/C36H39F2N5O2.ClH/c37-26-12-21(13-27(38)16-26)9-20-1-4-31-30(14-20)34(43-42-31)41-35(44)29-3-2-23(15-32(29)40-28-5-7-45-8-6-28)33-24-10-22-11-25(33)19-36(39,17-22)18-24;/h1-4,12-16,22,24-25,28,33,40H,5-11,17-19,39H2,(H2,41,42,43,44);1H/t22?,24-,25+,33?,36?;. The van der Waals surface area contributed by atoms with E-state index in [1.807, 2.05) is 24.3 Å². The van der Waals surface area contributed by atoms with Gasteiger partial charge in [-0.3, -0.25) is 9.89 Å². The third-order valence-electron chi connectivity index (χ3n) is 10.8. The monoisotopic (exact) mass is 647 g/mol. The van der Waals surface area contributed by atoms with Crippen LogP contribution in [-0.2, 0) is 11.2 Å². The minimum Gasteiger partial charge on any atom is -0.381 e. The minimum absolute atomic E-state index is 0. The Morgan fingerprint density at radius 2 is 1.70 bits per heavy atom. The number of rotatable bonds is 7. The molecule has 4 bridgehead atoms. The second-order valence-electron chi connectivity index (χ2n) is 14.1. The number of amides is 1. The molecule has 5 N–H and O–H groups in total. The lowest BCUT2D eigenvalue weighted by atomic mass is 9.48. The van der Waals surface area contributed by atoms with Crippen LogP contribution in [0.15, 0.2) is 54.6 Å². The number of ether oxygens (including phenoxy) is 1. The summed E-state index contributed by atoms with van der Waals surface area (Å²) in [5.41, 5.74) is 11.7. The Bertz CT molecular complexity index is 1740. The summed E-state index contributed by atoms with van der Waals surface area (Å²) in [4.78, 5) is 13.9. The highest BCUT2D eigenvalue weighted by Gasteiger charge is 2.54. The first kappa shape index (κ1) is 31.1. The maximum atomic E-state index is 13.9. The highest BCUT2D eigenvalue weighted by atomic mass is 35.5. The zero-order valence-electron chi connectivity index (χ0n) is 25.7. The SMILES string of the molecule is Cl.NC12CC3C[C@H](C1)C(c1ccc(C(=O)Nc4n[nH]c5ccc(Cc6cc(F)cc(F)c6)cc45)c(NC4CCOCC4)c1)[C@@H](C3)C2. The van der Waals surface area contributed by atoms with Gasteiger partial charge in [0.2, 0.25) is 0 Å². The van der Waals surface area contributed by atoms with Crippen molar-refractivity contribution in [1.82, 2.24) is 10.2 Å². The Kier molecular flexibility index (Phi) is 8.28. The van der Waals surface area contributed by atoms with Gasteiger partial charge in [-0.05, 0) is 128 Å². The summed E-state index contributed by atoms with van der Waals surface area (Å²) in [6, 6.07) is 15.8. The van der Waals surface area contributed by atoms with E-state index in [0.29, 0.717) is 54.3 Å². The molecule has 2 heterocycles. The molecule has 4 aliphatic carbocycles. The number of aromatic nitrogens is 2. The van der Waals surface area contributed by atoms with E-state index in [1.54, 1.807) is 0 Å². The van der Waals surface area contributed by atoms with Crippen LogP contribution >= 0.6 is 12.4 Å². The number of nitrogens with two attached hydrogens (primary N) is 1. The van der Waals surface area contributed by atoms with Gasteiger partial charge in [0.05, 0.1) is 11.1 Å². The normalized spacial score (nSPS) is 27.0. The lowest BCUT2D eigenvalue weighted by Gasteiger charge is -2.59. The fourth-order valence-electron chi connectivity index (χ4n) is 9.17. The van der Waals surface area contributed by atoms with Gasteiger partial charge in [0.15, 0.2) is 5.82 Å². The van der Waals surface area contributed by atoms with E-state index in [4.69, 9.17) is 10.5 Å². The maximum Gasteiger partial charge on any atom is 0.258 e. The summed E-state index contributed by atoms with van der Waals surface area (Å²) >= 11 is 0. The smallest absolute Gasteiger partial charge is 0.258 e. The number of carbonyl (C=O) groups is 1. The van der Waals surface area contributed by atoms with E-state index in [9.17, 15) is 13.6 Å². The number of benzene rings is 3. The number of halogens is 3. The summed E-state index contributed by atoms with van der Waals surface area (Å²) < 4.78 is 33.2. The number of fused-ring (bicyclic) bond motifs is 1. The average Bonchev–Trinajstić information content (AvgIpc) is 3.38. The topological polar surface area (TPSA) is 105 Å². The molecule has 0 radical (unpaired) electrons. The summed E-state index contributed by atoms with van der Waals surface area (Å²) in [5.74, 6) is 1.40. The Morgan fingerprint density at radius 3 is 2.41 bits per heavy atom. The van der Waals surface area contributed by atoms with Gasteiger partial charge in [-0.25, -0.2) is 8.78 Å². The van der Waals surface area contributed by atoms with Gasteiger partial charge in [0.1, 0.15) is 11.6 Å². The Labute approximate surface area is 273 Å². The van der Waals surface area contributed by atoms with Crippen molar-refractivity contribution in [3.8, 4) is 0 Å². The molecule has 4 saturated carbocycles. The van der Waals surface area contributed by atoms with E-state index < -0.39 is 11.6 Å². The van der Waals surface area contributed by atoms with Gasteiger partial charge in [-0.15, -0.1) is 12.4 Å². The molecule has 1 aromatic heterocycles. The zero-order chi connectivity index (χ0) is 30.7. The van der Waals surface area contributed by atoms with Gasteiger partial charge >= 0.3 is 0 Å². The molecule has 46 heavy (non-hydrogen) atoms. The van der Waals surface area contributed by atoms with Gasteiger partial charge in [-0.1, -0.05) is 12.1 Å². The quantitative estimate of drug-likeness (QED) is 0.168. The third kappa shape index (κ3) is 6.00. The average molecular weight is 648 g/mol. The van der Waals surface area contributed by atoms with Crippen molar-refractivity contribution in [1.29, 1.82) is 0 Å². The first-order chi connectivity index (χ1) is 21.8. The highest BCUT2D eigenvalue weighted by Crippen LogP contribution is 2.60. The predicted molar refractivity (Wildman–Crippen MR) is 178 cm³/mol. The Balaban J connectivity index is 0.00000338. The first-order valence-electron chi connectivity index (χ1n) is 16.3. The van der Waals surface area contributed by atoms with Crippen LogP contribution in [-0.4, -0.2) is 40.9 Å². The molecule has 1 aliphatic heterocycles. The number of nitrogens with one attached hydrogen (secondary N) is 3. The van der Waals surface area contributed by atoms with Crippen LogP contribution in [0, 0.1) is 29.4 Å². The predicted octanol–water partition coefficient (Wildman–Crippen LogP) is 7.32. The van der Waals surface area contributed by atoms with Crippen molar-refractivity contribution in [2.45, 2.75) is 68.9 Å². The second-order valence-corrected chi connectivity index (χ2v) is 14.1. The van der Waals surface area contributed by atoms with E-state index >= 15 is 0 Å². The molecule has 1 amide bonds. The summed E-state index contributed by atoms with van der Waals surface area (Å²) in [5, 5.41) is 14.9. The fraction of sp³-hybridized carbons (Fsp3) is 0.444. The molecular formula is C36H40ClF2N5O2. The van der Waals surface area contributed by atoms with Crippen molar-refractivity contribution >= 4 is 40.7 Å². The van der Waals surface area contributed by atoms with E-state index in [2.05, 4.69) is 33.0 Å². The molecular weight excluding hydrogens is 608 g/mol. The molecule has 5 atom stereocenters.